The number of H-pyrrole nitrogens is 1. The maximum Gasteiger partial charge on any atom is 0.252 e. The monoisotopic (exact) mass is 415 g/mol. The van der Waals surface area contributed by atoms with Crippen LogP contribution in [0.5, 0.6) is 0 Å². The molecule has 0 unspecified atom stereocenters. The molecule has 1 fully saturated rings. The average Bonchev–Trinajstić information content (AvgIpc) is 2.67. The van der Waals surface area contributed by atoms with E-state index in [2.05, 4.69) is 64.9 Å². The van der Waals surface area contributed by atoms with Gasteiger partial charge in [-0.25, -0.2) is 4.98 Å². The third kappa shape index (κ3) is 6.78. The van der Waals surface area contributed by atoms with Crippen molar-refractivity contribution in [2.24, 2.45) is 5.92 Å². The van der Waals surface area contributed by atoms with Gasteiger partial charge in [0.25, 0.3) is 5.56 Å². The van der Waals surface area contributed by atoms with Crippen molar-refractivity contribution in [2.45, 2.75) is 38.7 Å². The van der Waals surface area contributed by atoms with Gasteiger partial charge in [-0.15, -0.1) is 0 Å². The Morgan fingerprint density at radius 2 is 1.79 bits per heavy atom. The number of rotatable bonds is 8. The van der Waals surface area contributed by atoms with Crippen LogP contribution in [0.2, 0.25) is 0 Å². The summed E-state index contributed by atoms with van der Waals surface area (Å²) in [5.41, 5.74) is 2.83. The second-order valence-corrected chi connectivity index (χ2v) is 9.86. The summed E-state index contributed by atoms with van der Waals surface area (Å²) in [6, 6.07) is 9.94. The molecule has 2 heterocycles. The maximum absolute atomic E-state index is 11.9. The minimum atomic E-state index is -0.127. The van der Waals surface area contributed by atoms with Crippen LogP contribution in [0.15, 0.2) is 35.1 Å². The molecule has 1 aliphatic heterocycles. The first kappa shape index (κ1) is 21.7. The van der Waals surface area contributed by atoms with Crippen LogP contribution in [0.4, 0.5) is 17.3 Å². The van der Waals surface area contributed by atoms with Crippen LogP contribution < -0.4 is 15.8 Å². The summed E-state index contributed by atoms with van der Waals surface area (Å²) in [6.07, 6.45) is 0. The summed E-state index contributed by atoms with van der Waals surface area (Å²) in [5, 5.41) is 3.74. The first-order chi connectivity index (χ1) is 13.9. The van der Waals surface area contributed by atoms with E-state index < -0.39 is 0 Å². The van der Waals surface area contributed by atoms with Crippen LogP contribution in [-0.4, -0.2) is 52.8 Å². The van der Waals surface area contributed by atoms with Gasteiger partial charge in [-0.05, 0) is 35.4 Å². The normalized spacial score (nSPS) is 15.3. The molecular weight excluding hydrogens is 382 g/mol. The summed E-state index contributed by atoms with van der Waals surface area (Å²) in [5.74, 6) is 1.94. The highest BCUT2D eigenvalue weighted by Crippen LogP contribution is 2.22. The van der Waals surface area contributed by atoms with Crippen molar-refractivity contribution < 1.29 is 0 Å². The van der Waals surface area contributed by atoms with Gasteiger partial charge in [0.15, 0.2) is 0 Å². The molecular formula is C22H33N5OS. The number of benzene rings is 1. The van der Waals surface area contributed by atoms with Crippen molar-refractivity contribution >= 4 is 29.1 Å². The van der Waals surface area contributed by atoms with Gasteiger partial charge in [0.1, 0.15) is 0 Å². The molecule has 2 aromatic rings. The van der Waals surface area contributed by atoms with E-state index in [0.29, 0.717) is 11.2 Å². The fourth-order valence-corrected chi connectivity index (χ4v) is 4.14. The Morgan fingerprint density at radius 3 is 2.41 bits per heavy atom. The van der Waals surface area contributed by atoms with Crippen molar-refractivity contribution in [1.29, 1.82) is 0 Å². The molecule has 3 rings (SSSR count). The Labute approximate surface area is 178 Å². The third-order valence-corrected chi connectivity index (χ3v) is 5.98. The van der Waals surface area contributed by atoms with Crippen LogP contribution in [0, 0.1) is 5.92 Å². The van der Waals surface area contributed by atoms with Gasteiger partial charge in [0, 0.05) is 55.9 Å². The fourth-order valence-electron chi connectivity index (χ4n) is 3.49. The smallest absolute Gasteiger partial charge is 0.252 e. The van der Waals surface area contributed by atoms with Gasteiger partial charge in [0.2, 0.25) is 5.95 Å². The van der Waals surface area contributed by atoms with E-state index >= 15 is 0 Å². The Morgan fingerprint density at radius 1 is 1.10 bits per heavy atom. The molecule has 0 aliphatic carbocycles. The number of hydrogen-bond donors (Lipinski definition) is 2. The molecule has 2 N–H and O–H groups in total. The second-order valence-electron chi connectivity index (χ2n) is 8.30. The quantitative estimate of drug-likeness (QED) is 0.681. The van der Waals surface area contributed by atoms with Crippen LogP contribution in [0.1, 0.15) is 33.4 Å². The lowest BCUT2D eigenvalue weighted by Crippen LogP contribution is -2.47. The predicted octanol–water partition coefficient (Wildman–Crippen LogP) is 3.93. The zero-order valence-electron chi connectivity index (χ0n) is 17.9. The van der Waals surface area contributed by atoms with Crippen molar-refractivity contribution in [3.63, 3.8) is 0 Å². The molecule has 158 valence electrons. The number of aromatic nitrogens is 2. The number of nitrogens with one attached hydrogen (secondary N) is 2. The minimum absolute atomic E-state index is 0.127. The fraction of sp³-hybridized carbons (Fsp3) is 0.545. The Balaban J connectivity index is 1.59. The van der Waals surface area contributed by atoms with Gasteiger partial charge in [-0.3, -0.25) is 14.7 Å². The zero-order valence-corrected chi connectivity index (χ0v) is 18.8. The molecule has 0 radical (unpaired) electrons. The third-order valence-electron chi connectivity index (χ3n) is 4.85. The molecule has 6 nitrogen and oxygen atoms in total. The van der Waals surface area contributed by atoms with Crippen LogP contribution >= 0.6 is 11.8 Å². The summed E-state index contributed by atoms with van der Waals surface area (Å²) in [6.45, 7) is 14.4. The van der Waals surface area contributed by atoms with Crippen molar-refractivity contribution in [1.82, 2.24) is 14.9 Å². The van der Waals surface area contributed by atoms with E-state index in [4.69, 9.17) is 0 Å². The SMILES string of the molecule is CC(C)CN1CCN(c2ccc(Nc3nc(CSC(C)C)cc(=O)[nH]3)cc2)CC1. The highest BCUT2D eigenvalue weighted by atomic mass is 32.2. The summed E-state index contributed by atoms with van der Waals surface area (Å²) in [4.78, 5) is 24.2. The van der Waals surface area contributed by atoms with Crippen LogP contribution in [0.25, 0.3) is 0 Å². The van der Waals surface area contributed by atoms with E-state index in [1.807, 2.05) is 12.1 Å². The number of aromatic amines is 1. The van der Waals surface area contributed by atoms with E-state index in [0.717, 1.165) is 49.2 Å². The van der Waals surface area contributed by atoms with Gasteiger partial charge >= 0.3 is 0 Å². The molecule has 1 aromatic heterocycles. The second kappa shape index (κ2) is 10.2. The van der Waals surface area contributed by atoms with Gasteiger partial charge in [-0.1, -0.05) is 27.7 Å². The molecule has 7 heteroatoms. The largest absolute Gasteiger partial charge is 0.369 e. The number of piperazine rings is 1. The average molecular weight is 416 g/mol. The lowest BCUT2D eigenvalue weighted by atomic mass is 10.2. The summed E-state index contributed by atoms with van der Waals surface area (Å²) in [7, 11) is 0. The minimum Gasteiger partial charge on any atom is -0.369 e. The van der Waals surface area contributed by atoms with Gasteiger partial charge in [-0.2, -0.15) is 11.8 Å². The van der Waals surface area contributed by atoms with Crippen LogP contribution in [-0.2, 0) is 5.75 Å². The maximum atomic E-state index is 11.9. The molecule has 0 spiro atoms. The van der Waals surface area contributed by atoms with E-state index in [-0.39, 0.29) is 5.56 Å². The highest BCUT2D eigenvalue weighted by molar-refractivity contribution is 7.99. The predicted molar refractivity (Wildman–Crippen MR) is 125 cm³/mol. The van der Waals surface area contributed by atoms with Gasteiger partial charge < -0.3 is 10.2 Å². The standard InChI is InChI=1S/C22H33N5OS/c1-16(2)14-26-9-11-27(12-10-26)20-7-5-18(6-8-20)23-22-24-19(13-21(28)25-22)15-29-17(3)4/h5-8,13,16-17H,9-12,14-15H2,1-4H3,(H2,23,24,25,28). The van der Waals surface area contributed by atoms with E-state index in [1.165, 1.54) is 12.2 Å². The molecule has 0 amide bonds. The lowest BCUT2D eigenvalue weighted by molar-refractivity contribution is 0.231. The first-order valence-corrected chi connectivity index (χ1v) is 11.5. The Kier molecular flexibility index (Phi) is 7.61. The topological polar surface area (TPSA) is 64.3 Å². The molecule has 0 bridgehead atoms. The van der Waals surface area contributed by atoms with Crippen molar-refractivity contribution in [3.05, 3.63) is 46.4 Å². The molecule has 0 atom stereocenters. The number of thioether (sulfide) groups is 1. The number of nitrogens with zero attached hydrogens (tertiary/aromatic N) is 3. The molecule has 29 heavy (non-hydrogen) atoms. The molecule has 0 saturated carbocycles. The first-order valence-electron chi connectivity index (χ1n) is 10.5. The van der Waals surface area contributed by atoms with E-state index in [9.17, 15) is 4.79 Å². The Hall–Kier alpha value is -1.99. The molecule has 1 saturated heterocycles. The number of hydrogen-bond acceptors (Lipinski definition) is 6. The molecule has 1 aliphatic rings. The van der Waals surface area contributed by atoms with Crippen molar-refractivity contribution in [2.75, 3.05) is 42.9 Å². The van der Waals surface area contributed by atoms with E-state index in [1.54, 1.807) is 17.8 Å². The highest BCUT2D eigenvalue weighted by Gasteiger charge is 2.17. The van der Waals surface area contributed by atoms with Crippen molar-refractivity contribution in [3.8, 4) is 0 Å². The van der Waals surface area contributed by atoms with Crippen LogP contribution in [0.3, 0.4) is 0 Å². The lowest BCUT2D eigenvalue weighted by Gasteiger charge is -2.36. The summed E-state index contributed by atoms with van der Waals surface area (Å²) < 4.78 is 0. The molecule has 1 aromatic carbocycles. The Bertz CT molecular complexity index is 826. The van der Waals surface area contributed by atoms with Gasteiger partial charge in [0.05, 0.1) is 5.69 Å². The number of anilines is 3. The zero-order chi connectivity index (χ0) is 20.8. The summed E-state index contributed by atoms with van der Waals surface area (Å²) >= 11 is 1.78.